The van der Waals surface area contributed by atoms with Gasteiger partial charge in [-0.3, -0.25) is 4.79 Å². The number of carbonyl (C=O) groups is 1. The zero-order valence-electron chi connectivity index (χ0n) is 17.2. The predicted octanol–water partition coefficient (Wildman–Crippen LogP) is 3.64. The molecule has 2 aromatic rings. The number of aliphatic imine (C=N–C) groups is 1. The molecule has 6 nitrogen and oxygen atoms in total. The maximum atomic E-state index is 14.9. The number of halogens is 2. The van der Waals surface area contributed by atoms with Crippen molar-refractivity contribution in [3.05, 3.63) is 64.9 Å². The van der Waals surface area contributed by atoms with E-state index in [9.17, 15) is 13.6 Å². The highest BCUT2D eigenvalue weighted by molar-refractivity contribution is 8.16. The van der Waals surface area contributed by atoms with Gasteiger partial charge in [0, 0.05) is 5.56 Å². The third-order valence-electron chi connectivity index (χ3n) is 5.30. The molecule has 1 aliphatic heterocycles. The van der Waals surface area contributed by atoms with Crippen LogP contribution in [0.3, 0.4) is 0 Å². The van der Waals surface area contributed by atoms with E-state index in [1.165, 1.54) is 43.6 Å². The normalized spacial score (nSPS) is 24.0. The monoisotopic (exact) mass is 452 g/mol. The van der Waals surface area contributed by atoms with Gasteiger partial charge < -0.3 is 10.5 Å². The number of rotatable bonds is 6. The summed E-state index contributed by atoms with van der Waals surface area (Å²) in [6, 6.07) is 4.15. The highest BCUT2D eigenvalue weighted by atomic mass is 32.2. The first-order chi connectivity index (χ1) is 15.2. The number of Topliss-reactive ketones (excluding diaryl/α,β-unsaturated/α-hetero) is 1. The number of thioether (sulfide) groups is 1. The number of ether oxygens (including phenoxy) is 1. The first-order valence-corrected chi connectivity index (χ1v) is 10.4. The van der Waals surface area contributed by atoms with Crippen LogP contribution in [0.1, 0.15) is 30.7 Å². The number of carbonyl (C=O) groups excluding carboxylic acids is 1. The van der Waals surface area contributed by atoms with Crippen LogP contribution in [0.4, 0.5) is 8.78 Å². The fourth-order valence-corrected chi connectivity index (χ4v) is 4.83. The van der Waals surface area contributed by atoms with Gasteiger partial charge in [-0.15, -0.1) is 6.42 Å². The Bertz CT molecular complexity index is 1250. The number of terminal acetylenes is 1. The van der Waals surface area contributed by atoms with Gasteiger partial charge in [0.2, 0.25) is 5.88 Å². The highest BCUT2D eigenvalue weighted by Gasteiger charge is 2.61. The lowest BCUT2D eigenvalue weighted by Gasteiger charge is -2.33. The van der Waals surface area contributed by atoms with Crippen molar-refractivity contribution in [3.8, 4) is 18.2 Å². The topological polar surface area (TPSA) is 90.5 Å². The molecule has 4 rings (SSSR count). The molecule has 0 spiro atoms. The van der Waals surface area contributed by atoms with E-state index in [0.717, 1.165) is 11.8 Å². The summed E-state index contributed by atoms with van der Waals surface area (Å²) in [6.45, 7) is 3.18. The standard InChI is InChI=1S/C23H18F2N4O2S/c1-4-7-31-20-12-27-18(11-28-20)17(25)9-14-5-6-16(24)15(8-14)22(3)19-10-23(19,13(2)30)32-21(26)29-22/h1,5-6,8-12H,7H2,2-3H3,(H2,26,29)/b17-9-/t22-,23-/m1/s1. The van der Waals surface area contributed by atoms with Crippen molar-refractivity contribution in [3.63, 3.8) is 0 Å². The molecule has 2 heterocycles. The second-order valence-corrected chi connectivity index (χ2v) is 8.70. The molecule has 32 heavy (non-hydrogen) atoms. The van der Waals surface area contributed by atoms with Crippen LogP contribution >= 0.6 is 11.8 Å². The predicted molar refractivity (Wildman–Crippen MR) is 120 cm³/mol. The molecule has 2 atom stereocenters. The highest BCUT2D eigenvalue weighted by Crippen LogP contribution is 2.60. The molecule has 9 heteroatoms. The number of amidine groups is 1. The first-order valence-electron chi connectivity index (χ1n) is 9.54. The van der Waals surface area contributed by atoms with E-state index in [0.29, 0.717) is 11.1 Å². The summed E-state index contributed by atoms with van der Waals surface area (Å²) in [6.07, 6.45) is 10.5. The first kappa shape index (κ1) is 21.7. The average Bonchev–Trinajstić information content (AvgIpc) is 3.51. The Morgan fingerprint density at radius 3 is 2.81 bits per heavy atom. The molecule has 1 aromatic carbocycles. The number of benzene rings is 1. The molecular weight excluding hydrogens is 434 g/mol. The molecule has 1 aliphatic carbocycles. The van der Waals surface area contributed by atoms with Crippen LogP contribution < -0.4 is 10.5 Å². The van der Waals surface area contributed by atoms with Crippen LogP contribution in [0.25, 0.3) is 11.9 Å². The van der Waals surface area contributed by atoms with Crippen molar-refractivity contribution in [2.24, 2.45) is 10.7 Å². The van der Waals surface area contributed by atoms with E-state index < -0.39 is 21.9 Å². The molecule has 0 amide bonds. The van der Waals surface area contributed by atoms with Crippen LogP contribution in [-0.4, -0.2) is 32.3 Å². The van der Waals surface area contributed by atoms with E-state index in [4.69, 9.17) is 16.9 Å². The Balaban J connectivity index is 1.66. The summed E-state index contributed by atoms with van der Waals surface area (Å²) < 4.78 is 33.9. The second-order valence-electron chi connectivity index (χ2n) is 7.44. The molecule has 2 N–H and O–H groups in total. The zero-order chi connectivity index (χ0) is 23.1. The van der Waals surface area contributed by atoms with Gasteiger partial charge in [-0.1, -0.05) is 29.8 Å². The Morgan fingerprint density at radius 2 is 2.16 bits per heavy atom. The smallest absolute Gasteiger partial charge is 0.233 e. The number of ketones is 1. The van der Waals surface area contributed by atoms with Gasteiger partial charge in [-0.25, -0.2) is 23.7 Å². The van der Waals surface area contributed by atoms with Crippen molar-refractivity contribution < 1.29 is 18.3 Å². The fraction of sp³-hybridized carbons (Fsp3) is 0.217. The van der Waals surface area contributed by atoms with E-state index in [1.807, 2.05) is 0 Å². The van der Waals surface area contributed by atoms with Crippen LogP contribution in [0.5, 0.6) is 5.88 Å². The summed E-state index contributed by atoms with van der Waals surface area (Å²) in [5.41, 5.74) is 6.04. The van der Waals surface area contributed by atoms with Gasteiger partial charge in [0.1, 0.15) is 21.8 Å². The Morgan fingerprint density at radius 1 is 1.38 bits per heavy atom. The van der Waals surface area contributed by atoms with Crippen LogP contribution in [0, 0.1) is 18.2 Å². The van der Waals surface area contributed by atoms with Crippen molar-refractivity contribution >= 4 is 34.6 Å². The molecule has 0 unspecified atom stereocenters. The van der Waals surface area contributed by atoms with Crippen LogP contribution in [0.15, 0.2) is 47.2 Å². The zero-order valence-corrected chi connectivity index (χ0v) is 18.0. The van der Waals surface area contributed by atoms with E-state index in [-0.39, 0.29) is 34.7 Å². The summed E-state index contributed by atoms with van der Waals surface area (Å²) >= 11 is 1.15. The molecule has 0 fully saturated rings. The molecule has 2 aliphatic rings. The molecular formula is C23H18F2N4O2S. The number of nitrogens with zero attached hydrogens (tertiary/aromatic N) is 3. The Hall–Kier alpha value is -3.51. The maximum absolute atomic E-state index is 14.9. The minimum Gasteiger partial charge on any atom is -0.463 e. The number of hydrogen-bond donors (Lipinski definition) is 1. The largest absolute Gasteiger partial charge is 0.463 e. The summed E-state index contributed by atoms with van der Waals surface area (Å²) in [7, 11) is 0. The molecule has 0 bridgehead atoms. The van der Waals surface area contributed by atoms with Gasteiger partial charge in [0.15, 0.2) is 23.4 Å². The van der Waals surface area contributed by atoms with Gasteiger partial charge in [0.05, 0.1) is 12.4 Å². The summed E-state index contributed by atoms with van der Waals surface area (Å²) in [5, 5.41) is 0.189. The van der Waals surface area contributed by atoms with Crippen molar-refractivity contribution in [2.75, 3.05) is 6.61 Å². The lowest BCUT2D eigenvalue weighted by atomic mass is 9.85. The van der Waals surface area contributed by atoms with E-state index in [1.54, 1.807) is 13.0 Å². The lowest BCUT2D eigenvalue weighted by Crippen LogP contribution is -2.38. The minimum absolute atomic E-state index is 0.0213. The molecule has 0 saturated carbocycles. The lowest BCUT2D eigenvalue weighted by molar-refractivity contribution is -0.116. The van der Waals surface area contributed by atoms with E-state index >= 15 is 0 Å². The quantitative estimate of drug-likeness (QED) is 0.532. The fourth-order valence-electron chi connectivity index (χ4n) is 3.65. The van der Waals surface area contributed by atoms with Crippen LogP contribution in [-0.2, 0) is 10.3 Å². The Kier molecular flexibility index (Phi) is 5.34. The van der Waals surface area contributed by atoms with Crippen molar-refractivity contribution in [1.29, 1.82) is 0 Å². The Labute approximate surface area is 187 Å². The number of nitrogens with two attached hydrogens (primary N) is 1. The average molecular weight is 452 g/mol. The van der Waals surface area contributed by atoms with Gasteiger partial charge in [-0.05, 0) is 43.2 Å². The van der Waals surface area contributed by atoms with Crippen LogP contribution in [0.2, 0.25) is 0 Å². The second kappa shape index (κ2) is 7.88. The number of aromatic nitrogens is 2. The van der Waals surface area contributed by atoms with Gasteiger partial charge >= 0.3 is 0 Å². The SMILES string of the molecule is C#CCOc1cnc(/C(F)=C/c2ccc(F)c([C@@]3(C)N=C(N)S[C@@]4(C(C)=O)C=C43)c2)cn1. The number of hydrogen-bond acceptors (Lipinski definition) is 7. The van der Waals surface area contributed by atoms with Gasteiger partial charge in [-0.2, -0.15) is 0 Å². The van der Waals surface area contributed by atoms with E-state index in [2.05, 4.69) is 20.9 Å². The minimum atomic E-state index is -1.17. The maximum Gasteiger partial charge on any atom is 0.233 e. The summed E-state index contributed by atoms with van der Waals surface area (Å²) in [5.74, 6) is 1.17. The third kappa shape index (κ3) is 3.67. The van der Waals surface area contributed by atoms with Crippen molar-refractivity contribution in [1.82, 2.24) is 9.97 Å². The van der Waals surface area contributed by atoms with Crippen molar-refractivity contribution in [2.45, 2.75) is 24.1 Å². The summed E-state index contributed by atoms with van der Waals surface area (Å²) in [4.78, 5) is 24.6. The molecule has 1 aromatic heterocycles. The molecule has 0 saturated heterocycles. The number of fused-ring (bicyclic) bond motifs is 1. The third-order valence-corrected chi connectivity index (χ3v) is 6.54. The molecule has 162 valence electrons. The molecule has 0 radical (unpaired) electrons. The van der Waals surface area contributed by atoms with Gasteiger partial charge in [0.25, 0.3) is 0 Å².